The van der Waals surface area contributed by atoms with Gasteiger partial charge in [-0.15, -0.1) is 0 Å². The lowest BCUT2D eigenvalue weighted by atomic mass is 9.80. The fourth-order valence-electron chi connectivity index (χ4n) is 1.60. The fraction of sp³-hybridized carbons (Fsp3) is 0.875. The van der Waals surface area contributed by atoms with E-state index < -0.39 is 5.97 Å². The zero-order chi connectivity index (χ0) is 8.43. The van der Waals surface area contributed by atoms with Crippen LogP contribution in [0, 0.1) is 11.8 Å². The third kappa shape index (κ3) is 1.93. The van der Waals surface area contributed by atoms with Crippen molar-refractivity contribution in [3.05, 3.63) is 0 Å². The van der Waals surface area contributed by atoms with E-state index in [0.717, 1.165) is 0 Å². The zero-order valence-electron chi connectivity index (χ0n) is 6.66. The predicted octanol–water partition coefficient (Wildman–Crippen LogP) is 0.868. The second-order valence-corrected chi connectivity index (χ2v) is 3.39. The Morgan fingerprint density at radius 2 is 2.09 bits per heavy atom. The first-order valence-electron chi connectivity index (χ1n) is 4.02. The maximum Gasteiger partial charge on any atom is 0.306 e. The second kappa shape index (κ2) is 3.22. The minimum Gasteiger partial charge on any atom is -0.481 e. The molecule has 0 amide bonds. The molecule has 0 bridgehead atoms. The third-order valence-electron chi connectivity index (χ3n) is 2.47. The maximum absolute atomic E-state index is 10.5. The van der Waals surface area contributed by atoms with Crippen molar-refractivity contribution in [3.63, 3.8) is 0 Å². The number of aliphatic carboxylic acids is 1. The van der Waals surface area contributed by atoms with E-state index in [9.17, 15) is 9.90 Å². The first-order valence-corrected chi connectivity index (χ1v) is 4.02. The monoisotopic (exact) mass is 158 g/mol. The standard InChI is InChI=1S/C8H14O3/c1-5-4-6(8(10)11)2-3-7(5)9/h5-7,9H,2-4H2,1H3,(H,10,11)/t5-,6-,7-/m0/s1. The van der Waals surface area contributed by atoms with Gasteiger partial charge in [-0.25, -0.2) is 0 Å². The Balaban J connectivity index is 2.46. The molecule has 0 spiro atoms. The Morgan fingerprint density at radius 1 is 1.45 bits per heavy atom. The molecule has 0 saturated heterocycles. The van der Waals surface area contributed by atoms with E-state index in [1.54, 1.807) is 0 Å². The maximum atomic E-state index is 10.5. The van der Waals surface area contributed by atoms with E-state index in [4.69, 9.17) is 5.11 Å². The molecule has 0 radical (unpaired) electrons. The molecule has 1 aliphatic rings. The summed E-state index contributed by atoms with van der Waals surface area (Å²) >= 11 is 0. The van der Waals surface area contributed by atoms with E-state index in [0.29, 0.717) is 19.3 Å². The van der Waals surface area contributed by atoms with Gasteiger partial charge in [-0.05, 0) is 25.2 Å². The summed E-state index contributed by atoms with van der Waals surface area (Å²) in [7, 11) is 0. The number of carbonyl (C=O) groups is 1. The number of aliphatic hydroxyl groups excluding tert-OH is 1. The van der Waals surface area contributed by atoms with Crippen molar-refractivity contribution in [1.82, 2.24) is 0 Å². The SMILES string of the molecule is C[C@H]1C[C@@H](C(=O)O)CC[C@@H]1O. The molecule has 0 aromatic carbocycles. The van der Waals surface area contributed by atoms with E-state index in [1.165, 1.54) is 0 Å². The van der Waals surface area contributed by atoms with Crippen molar-refractivity contribution in [2.24, 2.45) is 11.8 Å². The average molecular weight is 158 g/mol. The number of hydrogen-bond acceptors (Lipinski definition) is 2. The molecule has 2 N–H and O–H groups in total. The summed E-state index contributed by atoms with van der Waals surface area (Å²) in [5.41, 5.74) is 0. The molecular weight excluding hydrogens is 144 g/mol. The van der Waals surface area contributed by atoms with Crippen LogP contribution in [0.3, 0.4) is 0 Å². The molecule has 1 aliphatic carbocycles. The Bertz CT molecular complexity index is 155. The van der Waals surface area contributed by atoms with Crippen LogP contribution in [0.1, 0.15) is 26.2 Å². The van der Waals surface area contributed by atoms with Crippen molar-refractivity contribution < 1.29 is 15.0 Å². The predicted molar refractivity (Wildman–Crippen MR) is 40.1 cm³/mol. The minimum absolute atomic E-state index is 0.143. The molecule has 11 heavy (non-hydrogen) atoms. The second-order valence-electron chi connectivity index (χ2n) is 3.39. The van der Waals surface area contributed by atoms with Crippen LogP contribution in [-0.2, 0) is 4.79 Å². The van der Waals surface area contributed by atoms with Gasteiger partial charge in [0.05, 0.1) is 12.0 Å². The smallest absolute Gasteiger partial charge is 0.306 e. The average Bonchev–Trinajstić information content (AvgIpc) is 1.94. The molecule has 0 unspecified atom stereocenters. The van der Waals surface area contributed by atoms with Crippen LogP contribution >= 0.6 is 0 Å². The van der Waals surface area contributed by atoms with Gasteiger partial charge >= 0.3 is 5.97 Å². The number of rotatable bonds is 1. The molecule has 3 nitrogen and oxygen atoms in total. The number of carboxylic acid groups (broad SMARTS) is 1. The van der Waals surface area contributed by atoms with Crippen LogP contribution < -0.4 is 0 Å². The highest BCUT2D eigenvalue weighted by Gasteiger charge is 2.29. The van der Waals surface area contributed by atoms with Crippen molar-refractivity contribution in [2.45, 2.75) is 32.3 Å². The first-order chi connectivity index (χ1) is 5.11. The molecule has 3 heteroatoms. The molecule has 0 aliphatic heterocycles. The molecule has 3 atom stereocenters. The summed E-state index contributed by atoms with van der Waals surface area (Å²) in [6.07, 6.45) is 1.60. The summed E-state index contributed by atoms with van der Waals surface area (Å²) in [4.78, 5) is 10.5. The fourth-order valence-corrected chi connectivity index (χ4v) is 1.60. The summed E-state index contributed by atoms with van der Waals surface area (Å²) in [5.74, 6) is -0.804. The van der Waals surface area contributed by atoms with E-state index in [-0.39, 0.29) is 17.9 Å². The van der Waals surface area contributed by atoms with E-state index >= 15 is 0 Å². The lowest BCUT2D eigenvalue weighted by Gasteiger charge is -2.28. The molecule has 1 saturated carbocycles. The normalized spacial score (nSPS) is 38.5. The van der Waals surface area contributed by atoms with Crippen LogP contribution in [-0.4, -0.2) is 22.3 Å². The van der Waals surface area contributed by atoms with Crippen molar-refractivity contribution in [3.8, 4) is 0 Å². The topological polar surface area (TPSA) is 57.5 Å². The van der Waals surface area contributed by atoms with Crippen molar-refractivity contribution in [1.29, 1.82) is 0 Å². The van der Waals surface area contributed by atoms with Gasteiger partial charge in [0.1, 0.15) is 0 Å². The summed E-state index contributed by atoms with van der Waals surface area (Å²) in [6, 6.07) is 0. The molecule has 1 rings (SSSR count). The lowest BCUT2D eigenvalue weighted by Crippen LogP contribution is -2.30. The summed E-state index contributed by atoms with van der Waals surface area (Å²) in [6.45, 7) is 1.90. The van der Waals surface area contributed by atoms with Gasteiger partial charge in [-0.3, -0.25) is 4.79 Å². The molecule has 0 aromatic heterocycles. The number of hydrogen-bond donors (Lipinski definition) is 2. The summed E-state index contributed by atoms with van der Waals surface area (Å²) < 4.78 is 0. The van der Waals surface area contributed by atoms with Gasteiger partial charge in [0.2, 0.25) is 0 Å². The summed E-state index contributed by atoms with van der Waals surface area (Å²) in [5, 5.41) is 17.9. The van der Waals surface area contributed by atoms with Crippen LogP contribution in [0.5, 0.6) is 0 Å². The van der Waals surface area contributed by atoms with Crippen LogP contribution in [0.15, 0.2) is 0 Å². The molecule has 1 fully saturated rings. The van der Waals surface area contributed by atoms with Gasteiger partial charge in [0.25, 0.3) is 0 Å². The van der Waals surface area contributed by atoms with Gasteiger partial charge in [0, 0.05) is 0 Å². The zero-order valence-corrected chi connectivity index (χ0v) is 6.66. The van der Waals surface area contributed by atoms with Gasteiger partial charge < -0.3 is 10.2 Å². The Labute approximate surface area is 66.0 Å². The molecule has 64 valence electrons. The largest absolute Gasteiger partial charge is 0.481 e. The van der Waals surface area contributed by atoms with E-state index in [2.05, 4.69) is 0 Å². The van der Waals surface area contributed by atoms with Crippen molar-refractivity contribution in [2.75, 3.05) is 0 Å². The highest BCUT2D eigenvalue weighted by atomic mass is 16.4. The van der Waals surface area contributed by atoms with Crippen LogP contribution in [0.4, 0.5) is 0 Å². The molecule has 0 aromatic rings. The van der Waals surface area contributed by atoms with E-state index in [1.807, 2.05) is 6.92 Å². The van der Waals surface area contributed by atoms with Gasteiger partial charge in [-0.1, -0.05) is 6.92 Å². The Morgan fingerprint density at radius 3 is 2.55 bits per heavy atom. The lowest BCUT2D eigenvalue weighted by molar-refractivity contribution is -0.144. The van der Waals surface area contributed by atoms with Crippen molar-refractivity contribution >= 4 is 5.97 Å². The van der Waals surface area contributed by atoms with Gasteiger partial charge in [0.15, 0.2) is 0 Å². The molecular formula is C8H14O3. The third-order valence-corrected chi connectivity index (χ3v) is 2.47. The quantitative estimate of drug-likeness (QED) is 0.595. The Hall–Kier alpha value is -0.570. The molecule has 0 heterocycles. The Kier molecular flexibility index (Phi) is 2.49. The highest BCUT2D eigenvalue weighted by molar-refractivity contribution is 5.70. The number of aliphatic hydroxyl groups is 1. The van der Waals surface area contributed by atoms with Gasteiger partial charge in [-0.2, -0.15) is 0 Å². The first kappa shape index (κ1) is 8.53. The highest BCUT2D eigenvalue weighted by Crippen LogP contribution is 2.28. The minimum atomic E-state index is -0.719. The number of carboxylic acids is 1. The van der Waals surface area contributed by atoms with Crippen LogP contribution in [0.2, 0.25) is 0 Å². The van der Waals surface area contributed by atoms with Crippen LogP contribution in [0.25, 0.3) is 0 Å².